The molecule has 0 unspecified atom stereocenters. The summed E-state index contributed by atoms with van der Waals surface area (Å²) < 4.78 is 1.78. The van der Waals surface area contributed by atoms with E-state index in [1.54, 1.807) is 16.8 Å². The van der Waals surface area contributed by atoms with Gasteiger partial charge in [0.05, 0.1) is 12.7 Å². The number of aryl methyl sites for hydroxylation is 2. The van der Waals surface area contributed by atoms with Crippen molar-refractivity contribution in [1.29, 1.82) is 0 Å². The van der Waals surface area contributed by atoms with E-state index in [0.717, 1.165) is 0 Å². The van der Waals surface area contributed by atoms with E-state index in [2.05, 4.69) is 68.8 Å². The van der Waals surface area contributed by atoms with E-state index in [9.17, 15) is 4.79 Å². The highest BCUT2D eigenvalue weighted by Crippen LogP contribution is 2.18. The summed E-state index contributed by atoms with van der Waals surface area (Å²) in [7, 11) is 0. The van der Waals surface area contributed by atoms with Crippen molar-refractivity contribution in [1.82, 2.24) is 45.4 Å². The number of hydrogen-bond donors (Lipinski definition) is 0. The van der Waals surface area contributed by atoms with Gasteiger partial charge in [-0.2, -0.15) is 4.80 Å². The summed E-state index contributed by atoms with van der Waals surface area (Å²) >= 11 is 0. The van der Waals surface area contributed by atoms with Crippen LogP contribution in [0.1, 0.15) is 29.2 Å². The summed E-state index contributed by atoms with van der Waals surface area (Å²) in [5, 5.41) is 28.7. The van der Waals surface area contributed by atoms with Gasteiger partial charge >= 0.3 is 0 Å². The third kappa shape index (κ3) is 4.12. The molecular formula is C20H21N9O. The smallest absolute Gasteiger partial charge is 0.225 e. The topological polar surface area (TPSA) is 117 Å². The largest absolute Gasteiger partial charge is 0.298 e. The summed E-state index contributed by atoms with van der Waals surface area (Å²) in [5.74, 6) is 0.253. The van der Waals surface area contributed by atoms with E-state index in [1.165, 1.54) is 34.0 Å². The lowest BCUT2D eigenvalue weighted by Gasteiger charge is -2.08. The molecule has 0 radical (unpaired) electrons. The monoisotopic (exact) mass is 403 g/mol. The second-order valence-electron chi connectivity index (χ2n) is 7.31. The third-order valence-corrected chi connectivity index (χ3v) is 4.84. The molecule has 0 N–H and O–H groups in total. The number of carbonyl (C=O) groups excluding carboxylic acids is 1. The second-order valence-corrected chi connectivity index (χ2v) is 7.31. The molecule has 3 heterocycles. The van der Waals surface area contributed by atoms with Crippen molar-refractivity contribution in [2.75, 3.05) is 0 Å². The molecule has 0 bridgehead atoms. The van der Waals surface area contributed by atoms with Crippen LogP contribution in [0.5, 0.6) is 0 Å². The molecular weight excluding hydrogens is 382 g/mol. The molecule has 0 fully saturated rings. The Morgan fingerprint density at radius 2 is 1.60 bits per heavy atom. The first-order valence-corrected chi connectivity index (χ1v) is 9.47. The Kier molecular flexibility index (Phi) is 5.13. The maximum Gasteiger partial charge on any atom is 0.225 e. The van der Waals surface area contributed by atoms with Crippen molar-refractivity contribution in [3.63, 3.8) is 0 Å². The quantitative estimate of drug-likeness (QED) is 0.479. The van der Waals surface area contributed by atoms with E-state index in [-0.39, 0.29) is 12.3 Å². The fourth-order valence-electron chi connectivity index (χ4n) is 3.10. The Morgan fingerprint density at radius 3 is 2.27 bits per heavy atom. The molecule has 0 aliphatic carbocycles. The van der Waals surface area contributed by atoms with E-state index < -0.39 is 0 Å². The van der Waals surface area contributed by atoms with Gasteiger partial charge in [-0.25, -0.2) is 4.68 Å². The van der Waals surface area contributed by atoms with Crippen LogP contribution in [0.25, 0.3) is 22.9 Å². The molecule has 3 aromatic heterocycles. The van der Waals surface area contributed by atoms with Gasteiger partial charge in [-0.1, -0.05) is 17.3 Å². The lowest BCUT2D eigenvalue weighted by Crippen LogP contribution is -2.09. The van der Waals surface area contributed by atoms with E-state index in [4.69, 9.17) is 0 Å². The highest BCUT2D eigenvalue weighted by molar-refractivity contribution is 5.75. The number of ketones is 1. The molecule has 4 aromatic rings. The lowest BCUT2D eigenvalue weighted by molar-refractivity contribution is -0.117. The summed E-state index contributed by atoms with van der Waals surface area (Å²) in [4.78, 5) is 12.4. The Labute approximate surface area is 173 Å². The maximum absolute atomic E-state index is 11.2. The van der Waals surface area contributed by atoms with Crippen molar-refractivity contribution in [3.8, 4) is 22.9 Å². The van der Waals surface area contributed by atoms with Crippen molar-refractivity contribution in [2.45, 2.75) is 40.8 Å². The van der Waals surface area contributed by atoms with Gasteiger partial charge in [0.15, 0.2) is 5.78 Å². The zero-order valence-corrected chi connectivity index (χ0v) is 17.2. The van der Waals surface area contributed by atoms with Crippen LogP contribution in [0.3, 0.4) is 0 Å². The van der Waals surface area contributed by atoms with E-state index >= 15 is 0 Å². The third-order valence-electron chi connectivity index (χ3n) is 4.84. The van der Waals surface area contributed by atoms with Gasteiger partial charge in [0.1, 0.15) is 23.6 Å². The standard InChI is InChI=1S/C20H21N9O/c1-12-7-16(8-13(2)15(12)4)10-28-11-19(23-26-28)17-5-6-18(22-21-17)20-24-27-29(25-20)9-14(3)30/h5-8,11H,9-10H2,1-4H3. The summed E-state index contributed by atoms with van der Waals surface area (Å²) in [6.07, 6.45) is 1.84. The predicted octanol–water partition coefficient (Wildman–Crippen LogP) is 1.95. The molecule has 0 amide bonds. The van der Waals surface area contributed by atoms with E-state index in [1.807, 2.05) is 6.20 Å². The molecule has 152 valence electrons. The van der Waals surface area contributed by atoms with Crippen LogP contribution in [-0.2, 0) is 17.9 Å². The van der Waals surface area contributed by atoms with Crippen molar-refractivity contribution in [2.24, 2.45) is 0 Å². The fraction of sp³-hybridized carbons (Fsp3) is 0.300. The van der Waals surface area contributed by atoms with Crippen molar-refractivity contribution < 1.29 is 4.79 Å². The van der Waals surface area contributed by atoms with Crippen LogP contribution in [-0.4, -0.2) is 51.2 Å². The number of tetrazole rings is 1. The minimum atomic E-state index is -0.0561. The zero-order chi connectivity index (χ0) is 21.3. The second kappa shape index (κ2) is 7.90. The summed E-state index contributed by atoms with van der Waals surface area (Å²) in [6.45, 7) is 8.52. The van der Waals surface area contributed by atoms with Crippen molar-refractivity contribution >= 4 is 5.78 Å². The fourth-order valence-corrected chi connectivity index (χ4v) is 3.10. The van der Waals surface area contributed by atoms with E-state index in [0.29, 0.717) is 29.5 Å². The van der Waals surface area contributed by atoms with Crippen molar-refractivity contribution in [3.05, 3.63) is 52.7 Å². The molecule has 0 saturated carbocycles. The van der Waals surface area contributed by atoms with Crippen LogP contribution < -0.4 is 0 Å². The molecule has 0 atom stereocenters. The molecule has 0 aliphatic heterocycles. The first kappa shape index (κ1) is 19.5. The van der Waals surface area contributed by atoms with Crippen LogP contribution in [0.4, 0.5) is 0 Å². The highest BCUT2D eigenvalue weighted by Gasteiger charge is 2.12. The number of hydrogen-bond acceptors (Lipinski definition) is 8. The van der Waals surface area contributed by atoms with Gasteiger partial charge in [-0.15, -0.1) is 25.5 Å². The number of rotatable bonds is 6. The van der Waals surface area contributed by atoms with Gasteiger partial charge in [-0.3, -0.25) is 4.79 Å². The maximum atomic E-state index is 11.2. The Bertz CT molecular complexity index is 1180. The Balaban J connectivity index is 1.50. The number of Topliss-reactive ketones (excluding diaryl/α,β-unsaturated/α-hetero) is 1. The Hall–Kier alpha value is -3.82. The minimum absolute atomic E-state index is 0.0561. The van der Waals surface area contributed by atoms with Crippen LogP contribution in [0, 0.1) is 20.8 Å². The van der Waals surface area contributed by atoms with Gasteiger partial charge in [0.2, 0.25) is 5.82 Å². The molecule has 1 aromatic carbocycles. The first-order chi connectivity index (χ1) is 14.4. The van der Waals surface area contributed by atoms with Gasteiger partial charge in [-0.05, 0) is 67.3 Å². The normalized spacial score (nSPS) is 11.1. The number of carbonyl (C=O) groups is 1. The number of benzene rings is 1. The van der Waals surface area contributed by atoms with Crippen LogP contribution in [0.2, 0.25) is 0 Å². The average Bonchev–Trinajstić information content (AvgIpc) is 3.35. The Morgan fingerprint density at radius 1 is 0.900 bits per heavy atom. The van der Waals surface area contributed by atoms with Gasteiger partial charge < -0.3 is 0 Å². The summed E-state index contributed by atoms with van der Waals surface area (Å²) in [6, 6.07) is 7.86. The highest BCUT2D eigenvalue weighted by atomic mass is 16.1. The molecule has 0 spiro atoms. The van der Waals surface area contributed by atoms with Gasteiger partial charge in [0, 0.05) is 0 Å². The average molecular weight is 403 g/mol. The molecule has 10 heteroatoms. The molecule has 0 saturated heterocycles. The lowest BCUT2D eigenvalue weighted by atomic mass is 10.0. The SMILES string of the molecule is CC(=O)Cn1nnc(-c2ccc(-c3cn(Cc4cc(C)c(C)c(C)c4)nn3)nn2)n1. The van der Waals surface area contributed by atoms with Gasteiger partial charge in [0.25, 0.3) is 0 Å². The predicted molar refractivity (Wildman–Crippen MR) is 108 cm³/mol. The molecule has 4 rings (SSSR count). The first-order valence-electron chi connectivity index (χ1n) is 9.47. The zero-order valence-electron chi connectivity index (χ0n) is 17.2. The molecule has 30 heavy (non-hydrogen) atoms. The minimum Gasteiger partial charge on any atom is -0.298 e. The molecule has 0 aliphatic rings. The van der Waals surface area contributed by atoms with Crippen LogP contribution >= 0.6 is 0 Å². The number of nitrogens with zero attached hydrogens (tertiary/aromatic N) is 9. The summed E-state index contributed by atoms with van der Waals surface area (Å²) in [5.41, 5.74) is 6.70. The molecule has 10 nitrogen and oxygen atoms in total. The number of aromatic nitrogens is 9. The van der Waals surface area contributed by atoms with Crippen LogP contribution in [0.15, 0.2) is 30.5 Å².